The number of nitrogens with zero attached hydrogens (tertiary/aromatic N) is 2. The molecule has 1 aliphatic heterocycles. The van der Waals surface area contributed by atoms with Crippen molar-refractivity contribution in [3.8, 4) is 5.75 Å². The van der Waals surface area contributed by atoms with Gasteiger partial charge in [0.2, 0.25) is 0 Å². The van der Waals surface area contributed by atoms with Crippen molar-refractivity contribution < 1.29 is 9.47 Å². The van der Waals surface area contributed by atoms with Crippen LogP contribution in [-0.4, -0.2) is 30.7 Å². The van der Waals surface area contributed by atoms with E-state index in [1.807, 2.05) is 42.5 Å². The van der Waals surface area contributed by atoms with Gasteiger partial charge in [-0.1, -0.05) is 42.1 Å². The molecule has 1 heterocycles. The minimum atomic E-state index is 0.245. The van der Waals surface area contributed by atoms with E-state index in [1.54, 1.807) is 6.21 Å². The number of rotatable bonds is 6. The van der Waals surface area contributed by atoms with Crippen LogP contribution in [0.15, 0.2) is 64.8 Å². The second kappa shape index (κ2) is 9.99. The van der Waals surface area contributed by atoms with Crippen LogP contribution < -0.4 is 10.5 Å². The highest BCUT2D eigenvalue weighted by molar-refractivity contribution is 8.13. The zero-order valence-corrected chi connectivity index (χ0v) is 15.4. The van der Waals surface area contributed by atoms with Gasteiger partial charge in [-0.05, 0) is 35.4 Å². The molecule has 0 amide bonds. The first-order valence-corrected chi connectivity index (χ1v) is 9.66. The van der Waals surface area contributed by atoms with Crippen LogP contribution in [0.5, 0.6) is 5.75 Å². The Kier molecular flexibility index (Phi) is 7.10. The Labute approximate surface area is 158 Å². The largest absolute Gasteiger partial charge is 0.490 e. The van der Waals surface area contributed by atoms with Crippen molar-refractivity contribution >= 4 is 23.1 Å². The molecule has 0 radical (unpaired) electrons. The molecule has 0 saturated carbocycles. The van der Waals surface area contributed by atoms with Crippen molar-refractivity contribution in [2.45, 2.75) is 24.7 Å². The van der Waals surface area contributed by atoms with Crippen molar-refractivity contribution in [3.05, 3.63) is 65.7 Å². The molecule has 2 aromatic rings. The summed E-state index contributed by atoms with van der Waals surface area (Å²) in [5, 5.41) is 8.54. The van der Waals surface area contributed by atoms with Crippen LogP contribution in [0.2, 0.25) is 0 Å². The zero-order chi connectivity index (χ0) is 18.0. The Morgan fingerprint density at radius 3 is 2.58 bits per heavy atom. The van der Waals surface area contributed by atoms with E-state index >= 15 is 0 Å². The summed E-state index contributed by atoms with van der Waals surface area (Å²) in [5.74, 6) is 1.65. The van der Waals surface area contributed by atoms with Crippen LogP contribution in [0.1, 0.15) is 24.0 Å². The minimum absolute atomic E-state index is 0.245. The quantitative estimate of drug-likeness (QED) is 0.477. The SMILES string of the molecule is NC(=NN=Cc1ccc(OC2CCOCC2)cc1)SCc1ccccc1. The summed E-state index contributed by atoms with van der Waals surface area (Å²) in [6.45, 7) is 1.55. The number of thioether (sulfide) groups is 1. The lowest BCUT2D eigenvalue weighted by Gasteiger charge is -2.23. The first-order chi connectivity index (χ1) is 12.8. The zero-order valence-electron chi connectivity index (χ0n) is 14.6. The van der Waals surface area contributed by atoms with Gasteiger partial charge in [-0.25, -0.2) is 0 Å². The number of ether oxygens (including phenoxy) is 2. The van der Waals surface area contributed by atoms with E-state index in [2.05, 4.69) is 22.3 Å². The van der Waals surface area contributed by atoms with E-state index in [1.165, 1.54) is 17.3 Å². The van der Waals surface area contributed by atoms with E-state index in [0.717, 1.165) is 43.1 Å². The van der Waals surface area contributed by atoms with E-state index in [9.17, 15) is 0 Å². The fraction of sp³-hybridized carbons (Fsp3) is 0.300. The summed E-state index contributed by atoms with van der Waals surface area (Å²) in [5.41, 5.74) is 8.04. The summed E-state index contributed by atoms with van der Waals surface area (Å²) in [6.07, 6.45) is 3.82. The fourth-order valence-electron chi connectivity index (χ4n) is 2.53. The predicted molar refractivity (Wildman–Crippen MR) is 108 cm³/mol. The smallest absolute Gasteiger partial charge is 0.180 e. The second-order valence-electron chi connectivity index (χ2n) is 5.96. The second-order valence-corrected chi connectivity index (χ2v) is 6.95. The third kappa shape index (κ3) is 6.20. The standard InChI is InChI=1S/C20H23N3O2S/c21-20(26-15-17-4-2-1-3-5-17)23-22-14-16-6-8-18(9-7-16)25-19-10-12-24-13-11-19/h1-9,14,19H,10-13,15H2,(H2,21,23). The maximum Gasteiger partial charge on any atom is 0.180 e. The van der Waals surface area contributed by atoms with Gasteiger partial charge in [0.25, 0.3) is 0 Å². The molecule has 2 N–H and O–H groups in total. The van der Waals surface area contributed by atoms with Gasteiger partial charge in [0.05, 0.1) is 19.4 Å². The molecule has 0 aromatic heterocycles. The molecule has 136 valence electrons. The third-order valence-corrected chi connectivity index (χ3v) is 4.80. The first kappa shape index (κ1) is 18.5. The third-order valence-electron chi connectivity index (χ3n) is 3.94. The van der Waals surface area contributed by atoms with Gasteiger partial charge in [0, 0.05) is 18.6 Å². The van der Waals surface area contributed by atoms with E-state index in [4.69, 9.17) is 15.2 Å². The molecular weight excluding hydrogens is 346 g/mol. The Morgan fingerprint density at radius 2 is 1.85 bits per heavy atom. The van der Waals surface area contributed by atoms with Gasteiger partial charge in [-0.3, -0.25) is 0 Å². The molecule has 3 rings (SSSR count). The average molecular weight is 369 g/mol. The van der Waals surface area contributed by atoms with Crippen molar-refractivity contribution in [3.63, 3.8) is 0 Å². The van der Waals surface area contributed by atoms with Crippen LogP contribution in [0, 0.1) is 0 Å². The molecule has 0 atom stereocenters. The molecule has 0 spiro atoms. The molecule has 6 heteroatoms. The summed E-state index contributed by atoms with van der Waals surface area (Å²) in [7, 11) is 0. The first-order valence-electron chi connectivity index (χ1n) is 8.67. The van der Waals surface area contributed by atoms with Crippen LogP contribution in [0.25, 0.3) is 0 Å². The van der Waals surface area contributed by atoms with E-state index in [-0.39, 0.29) is 6.10 Å². The maximum atomic E-state index is 5.95. The van der Waals surface area contributed by atoms with Crippen LogP contribution in [0.3, 0.4) is 0 Å². The highest BCUT2D eigenvalue weighted by Gasteiger charge is 2.14. The van der Waals surface area contributed by atoms with Crippen molar-refractivity contribution in [1.82, 2.24) is 0 Å². The topological polar surface area (TPSA) is 69.2 Å². The lowest BCUT2D eigenvalue weighted by Crippen LogP contribution is -2.25. The monoisotopic (exact) mass is 369 g/mol. The molecule has 1 aliphatic rings. The molecule has 0 aliphatic carbocycles. The van der Waals surface area contributed by atoms with Gasteiger partial charge in [-0.15, -0.1) is 5.10 Å². The molecule has 1 fully saturated rings. The van der Waals surface area contributed by atoms with Gasteiger partial charge >= 0.3 is 0 Å². The van der Waals surface area contributed by atoms with Crippen molar-refractivity contribution in [2.75, 3.05) is 13.2 Å². The molecule has 0 bridgehead atoms. The van der Waals surface area contributed by atoms with Crippen LogP contribution in [0.4, 0.5) is 0 Å². The van der Waals surface area contributed by atoms with Crippen LogP contribution >= 0.6 is 11.8 Å². The van der Waals surface area contributed by atoms with Crippen molar-refractivity contribution in [2.24, 2.45) is 15.9 Å². The molecule has 2 aromatic carbocycles. The normalized spacial score (nSPS) is 16.1. The lowest BCUT2D eigenvalue weighted by molar-refractivity contribution is 0.0256. The fourth-order valence-corrected chi connectivity index (χ4v) is 3.14. The Balaban J connectivity index is 1.46. The van der Waals surface area contributed by atoms with Gasteiger partial charge in [0.1, 0.15) is 11.9 Å². The minimum Gasteiger partial charge on any atom is -0.490 e. The molecule has 26 heavy (non-hydrogen) atoms. The van der Waals surface area contributed by atoms with Crippen molar-refractivity contribution in [1.29, 1.82) is 0 Å². The summed E-state index contributed by atoms with van der Waals surface area (Å²) >= 11 is 1.47. The molecule has 1 saturated heterocycles. The molecule has 5 nitrogen and oxygen atoms in total. The molecule has 0 unspecified atom stereocenters. The van der Waals surface area contributed by atoms with E-state index in [0.29, 0.717) is 5.17 Å². The molecular formula is C20H23N3O2S. The Morgan fingerprint density at radius 1 is 1.12 bits per heavy atom. The van der Waals surface area contributed by atoms with Gasteiger partial charge in [0.15, 0.2) is 5.17 Å². The number of hydrogen-bond donors (Lipinski definition) is 1. The lowest BCUT2D eigenvalue weighted by atomic mass is 10.1. The van der Waals surface area contributed by atoms with Gasteiger partial charge < -0.3 is 15.2 Å². The van der Waals surface area contributed by atoms with Crippen LogP contribution in [-0.2, 0) is 10.5 Å². The number of hydrogen-bond acceptors (Lipinski definition) is 5. The summed E-state index contributed by atoms with van der Waals surface area (Å²) in [4.78, 5) is 0. The summed E-state index contributed by atoms with van der Waals surface area (Å²) in [6, 6.07) is 18.0. The van der Waals surface area contributed by atoms with Gasteiger partial charge in [-0.2, -0.15) is 5.10 Å². The Bertz CT molecular complexity index is 726. The van der Waals surface area contributed by atoms with E-state index < -0.39 is 0 Å². The number of benzene rings is 2. The highest BCUT2D eigenvalue weighted by atomic mass is 32.2. The Hall–Kier alpha value is -2.31. The maximum absolute atomic E-state index is 5.95. The number of nitrogens with two attached hydrogens (primary N) is 1. The number of amidine groups is 1. The highest BCUT2D eigenvalue weighted by Crippen LogP contribution is 2.18. The average Bonchev–Trinajstić information content (AvgIpc) is 2.69. The summed E-state index contributed by atoms with van der Waals surface area (Å²) < 4.78 is 11.3. The predicted octanol–water partition coefficient (Wildman–Crippen LogP) is 3.83.